The van der Waals surface area contributed by atoms with Gasteiger partial charge in [-0.3, -0.25) is 4.79 Å². The molecule has 0 aliphatic heterocycles. The number of aliphatic carboxylic acids is 1. The Balaban J connectivity index is 3.64. The van der Waals surface area contributed by atoms with Crippen LogP contribution in [0.5, 0.6) is 0 Å². The fraction of sp³-hybridized carbons (Fsp3) is 0.667. The zero-order chi connectivity index (χ0) is 6.73. The quantitative estimate of drug-likeness (QED) is 0.495. The van der Waals surface area contributed by atoms with Crippen molar-refractivity contribution in [3.8, 4) is 0 Å². The van der Waals surface area contributed by atoms with Crippen LogP contribution >= 0.6 is 0 Å². The van der Waals surface area contributed by atoms with Crippen LogP contribution in [0.3, 0.4) is 0 Å². The second-order valence-electron chi connectivity index (χ2n) is 0.990. The lowest BCUT2D eigenvalue weighted by atomic mass is 10.4. The number of carboxylic acids is 1. The molecule has 0 heterocycles. The molecule has 4 heteroatoms. The van der Waals surface area contributed by atoms with Crippen molar-refractivity contribution in [1.29, 1.82) is 0 Å². The van der Waals surface area contributed by atoms with Crippen molar-refractivity contribution in [2.45, 2.75) is 6.04 Å². The van der Waals surface area contributed by atoms with E-state index < -0.39 is 18.7 Å². The normalized spacial score (nSPS) is 20.0. The summed E-state index contributed by atoms with van der Waals surface area (Å²) in [7, 11) is 0. The lowest BCUT2D eigenvalue weighted by Gasteiger charge is -1.94. The van der Waals surface area contributed by atoms with Crippen LogP contribution < -0.4 is 5.73 Å². The van der Waals surface area contributed by atoms with Gasteiger partial charge in [-0.15, -0.1) is 0 Å². The smallest absolute Gasteiger partial charge is 0.323 e. The Morgan fingerprint density at radius 1 is 2.29 bits per heavy atom. The molecule has 7 heavy (non-hydrogen) atoms. The van der Waals surface area contributed by atoms with Gasteiger partial charge in [0.05, 0.1) is 1.37 Å². The molecule has 3 N–H and O–H groups in total. The molecule has 0 aliphatic carbocycles. The molecule has 0 aromatic heterocycles. The van der Waals surface area contributed by atoms with Gasteiger partial charge in [-0.25, -0.2) is 4.39 Å². The van der Waals surface area contributed by atoms with Gasteiger partial charge in [-0.05, 0) is 0 Å². The second-order valence-corrected chi connectivity index (χ2v) is 0.990. The molecule has 0 spiro atoms. The van der Waals surface area contributed by atoms with Gasteiger partial charge in [0.25, 0.3) is 0 Å². The summed E-state index contributed by atoms with van der Waals surface area (Å²) in [5, 5.41) is 7.87. The maximum atomic E-state index is 11.5. The second kappa shape index (κ2) is 2.52. The van der Waals surface area contributed by atoms with Crippen LogP contribution in [0, 0.1) is 0 Å². The third-order valence-corrected chi connectivity index (χ3v) is 0.421. The first-order valence-electron chi connectivity index (χ1n) is 2.18. The van der Waals surface area contributed by atoms with E-state index in [2.05, 4.69) is 5.73 Å². The van der Waals surface area contributed by atoms with E-state index in [0.29, 0.717) is 0 Å². The summed E-state index contributed by atoms with van der Waals surface area (Å²) in [5.41, 5.74) is 4.60. The Morgan fingerprint density at radius 3 is 2.71 bits per heavy atom. The van der Waals surface area contributed by atoms with E-state index in [1.807, 2.05) is 0 Å². The highest BCUT2D eigenvalue weighted by molar-refractivity contribution is 5.73. The molecule has 3 nitrogen and oxygen atoms in total. The maximum absolute atomic E-state index is 11.5. The number of nitrogens with two attached hydrogens (primary N) is 1. The van der Waals surface area contributed by atoms with Crippen LogP contribution in [0.15, 0.2) is 0 Å². The van der Waals surface area contributed by atoms with Crippen molar-refractivity contribution in [1.82, 2.24) is 0 Å². The Morgan fingerprint density at radius 2 is 2.71 bits per heavy atom. The molecule has 1 unspecified atom stereocenters. The van der Waals surface area contributed by atoms with Gasteiger partial charge < -0.3 is 10.8 Å². The first-order valence-corrected chi connectivity index (χ1v) is 1.60. The Hall–Kier alpha value is -0.640. The van der Waals surface area contributed by atoms with Crippen LogP contribution in [0.4, 0.5) is 4.39 Å². The van der Waals surface area contributed by atoms with Crippen LogP contribution in [-0.2, 0) is 4.79 Å². The minimum atomic E-state index is -2.23. The summed E-state index contributed by atoms with van der Waals surface area (Å²) >= 11 is 0. The monoisotopic (exact) mass is 108 g/mol. The fourth-order valence-corrected chi connectivity index (χ4v) is 0.0539. The molecular formula is C3H6FNO2. The van der Waals surface area contributed by atoms with E-state index in [9.17, 15) is 9.18 Å². The molecule has 0 saturated heterocycles. The lowest BCUT2D eigenvalue weighted by molar-refractivity contribution is -0.138. The number of alkyl halides is 1. The Labute approximate surface area is 41.3 Å². The molecule has 2 atom stereocenters. The Kier molecular flexibility index (Phi) is 1.63. The molecule has 0 amide bonds. The van der Waals surface area contributed by atoms with Gasteiger partial charge in [0.2, 0.25) is 0 Å². The summed E-state index contributed by atoms with van der Waals surface area (Å²) in [6.07, 6.45) is 0. The molecule has 0 aromatic carbocycles. The summed E-state index contributed by atoms with van der Waals surface area (Å²) in [5.74, 6) is -1.49. The van der Waals surface area contributed by atoms with Crippen molar-refractivity contribution in [2.75, 3.05) is 6.65 Å². The largest absolute Gasteiger partial charge is 0.480 e. The van der Waals surface area contributed by atoms with Crippen molar-refractivity contribution in [3.63, 3.8) is 0 Å². The van der Waals surface area contributed by atoms with Gasteiger partial charge >= 0.3 is 5.97 Å². The fourth-order valence-electron chi connectivity index (χ4n) is 0.0539. The van der Waals surface area contributed by atoms with E-state index >= 15 is 0 Å². The summed E-state index contributed by atoms with van der Waals surface area (Å²) < 4.78 is 17.6. The minimum absolute atomic E-state index is 1.49. The number of hydrogen-bond acceptors (Lipinski definition) is 2. The molecule has 0 rings (SSSR count). The molecule has 0 saturated carbocycles. The van der Waals surface area contributed by atoms with Crippen molar-refractivity contribution in [3.05, 3.63) is 0 Å². The number of carboxylic acid groups (broad SMARTS) is 1. The molecule has 0 radical (unpaired) electrons. The van der Waals surface area contributed by atoms with E-state index in [-0.39, 0.29) is 0 Å². The molecule has 0 fully saturated rings. The average molecular weight is 108 g/mol. The van der Waals surface area contributed by atoms with Gasteiger partial charge in [0.1, 0.15) is 12.7 Å². The number of rotatable bonds is 2. The summed E-state index contributed by atoms with van der Waals surface area (Å²) in [6, 6.07) is -1.71. The van der Waals surface area contributed by atoms with Crippen LogP contribution in [0.25, 0.3) is 0 Å². The summed E-state index contributed by atoms with van der Waals surface area (Å²) in [6.45, 7) is -2.23. The van der Waals surface area contributed by atoms with E-state index in [4.69, 9.17) is 6.48 Å². The van der Waals surface area contributed by atoms with E-state index in [1.54, 1.807) is 0 Å². The van der Waals surface area contributed by atoms with E-state index in [0.717, 1.165) is 0 Å². The zero-order valence-corrected chi connectivity index (χ0v) is 3.47. The molecule has 0 aromatic rings. The van der Waals surface area contributed by atoms with Gasteiger partial charge in [-0.1, -0.05) is 0 Å². The number of hydrogen-bond donors (Lipinski definition) is 2. The van der Waals surface area contributed by atoms with Gasteiger partial charge in [0.15, 0.2) is 0 Å². The van der Waals surface area contributed by atoms with Crippen LogP contribution in [-0.4, -0.2) is 23.8 Å². The summed E-state index contributed by atoms with van der Waals surface area (Å²) in [4.78, 5) is 9.66. The van der Waals surface area contributed by atoms with Crippen LogP contribution in [0.1, 0.15) is 1.37 Å². The highest BCUT2D eigenvalue weighted by Crippen LogP contribution is 1.76. The molecular weight excluding hydrogens is 101 g/mol. The van der Waals surface area contributed by atoms with Crippen LogP contribution in [0.2, 0.25) is 0 Å². The minimum Gasteiger partial charge on any atom is -0.480 e. The average Bonchev–Trinajstić information content (AvgIpc) is 1.64. The molecule has 42 valence electrons. The Bertz CT molecular complexity index is 97.3. The predicted octanol–water partition coefficient (Wildman–Crippen LogP) is -0.632. The predicted molar refractivity (Wildman–Crippen MR) is 21.6 cm³/mol. The van der Waals surface area contributed by atoms with Gasteiger partial charge in [-0.2, -0.15) is 0 Å². The molecule has 0 bridgehead atoms. The zero-order valence-electron chi connectivity index (χ0n) is 4.47. The van der Waals surface area contributed by atoms with Crippen molar-refractivity contribution >= 4 is 5.97 Å². The lowest BCUT2D eigenvalue weighted by Crippen LogP contribution is -2.31. The van der Waals surface area contributed by atoms with E-state index in [1.165, 1.54) is 0 Å². The number of carbonyl (C=O) groups is 1. The highest BCUT2D eigenvalue weighted by Gasteiger charge is 2.08. The molecule has 0 aliphatic rings. The van der Waals surface area contributed by atoms with Gasteiger partial charge in [0, 0.05) is 0 Å². The van der Waals surface area contributed by atoms with Crippen molar-refractivity contribution in [2.24, 2.45) is 5.73 Å². The first-order chi connectivity index (χ1) is 3.55. The number of halogens is 1. The third kappa shape index (κ3) is 2.11. The topological polar surface area (TPSA) is 63.3 Å². The first kappa shape index (κ1) is 4.52. The maximum Gasteiger partial charge on any atom is 0.323 e. The SMILES string of the molecule is [2H]C(F)[C@H](N)C(=O)O. The standard InChI is InChI=1S/C3H6FNO2/c4-1-2(5)3(6)7/h2H,1,5H2,(H,6,7)/t2-/m0/s1/i1D/t1?,2-. The highest BCUT2D eigenvalue weighted by atomic mass is 19.1. The van der Waals surface area contributed by atoms with Crippen molar-refractivity contribution < 1.29 is 15.7 Å². The third-order valence-electron chi connectivity index (χ3n) is 0.421.